The van der Waals surface area contributed by atoms with Gasteiger partial charge in [-0.2, -0.15) is 0 Å². The van der Waals surface area contributed by atoms with Crippen molar-refractivity contribution < 1.29 is 14.5 Å². The topological polar surface area (TPSA) is 87.3 Å². The second-order valence-electron chi connectivity index (χ2n) is 5.52. The molecule has 0 amide bonds. The third kappa shape index (κ3) is 3.46. The number of ether oxygens (including phenoxy) is 1. The summed E-state index contributed by atoms with van der Waals surface area (Å²) in [5.74, 6) is -0.489. The summed E-state index contributed by atoms with van der Waals surface area (Å²) in [6.45, 7) is 1.92. The number of nitro groups is 1. The first-order valence-corrected chi connectivity index (χ1v) is 8.12. The van der Waals surface area contributed by atoms with Gasteiger partial charge < -0.3 is 14.9 Å². The van der Waals surface area contributed by atoms with Crippen molar-refractivity contribution in [2.45, 2.75) is 13.0 Å². The van der Waals surface area contributed by atoms with E-state index in [1.165, 1.54) is 10.8 Å². The minimum Gasteiger partial charge on any atom is -0.464 e. The van der Waals surface area contributed by atoms with E-state index in [9.17, 15) is 14.9 Å². The first-order chi connectivity index (χ1) is 12.6. The number of esters is 1. The molecule has 0 spiro atoms. The zero-order chi connectivity index (χ0) is 18.5. The number of hydrogen-bond donors (Lipinski definition) is 0. The molecule has 1 heterocycles. The number of aromatic nitrogens is 2. The average Bonchev–Trinajstić information content (AvgIpc) is 3.09. The lowest BCUT2D eigenvalue weighted by Crippen LogP contribution is -2.23. The maximum Gasteiger partial charge on any atom is 0.382 e. The van der Waals surface area contributed by atoms with Crippen molar-refractivity contribution in [2.75, 3.05) is 6.61 Å². The van der Waals surface area contributed by atoms with Crippen molar-refractivity contribution in [3.05, 3.63) is 82.5 Å². The summed E-state index contributed by atoms with van der Waals surface area (Å²) >= 11 is 0. The van der Waals surface area contributed by atoms with Gasteiger partial charge in [-0.25, -0.2) is 4.79 Å². The Bertz CT molecular complexity index is 907. The molecular weight excluding hydrogens is 334 g/mol. The molecule has 7 nitrogen and oxygen atoms in total. The van der Waals surface area contributed by atoms with Gasteiger partial charge in [0.1, 0.15) is 6.20 Å². The van der Waals surface area contributed by atoms with Crippen LogP contribution in [0.1, 0.15) is 18.5 Å². The van der Waals surface area contributed by atoms with E-state index in [1.807, 2.05) is 24.3 Å². The van der Waals surface area contributed by atoms with E-state index in [0.717, 1.165) is 0 Å². The molecule has 0 fully saturated rings. The molecule has 3 aromatic rings. The van der Waals surface area contributed by atoms with Crippen LogP contribution in [-0.2, 0) is 9.53 Å². The normalized spacial score (nSPS) is 11.7. The van der Waals surface area contributed by atoms with E-state index in [0.29, 0.717) is 17.0 Å². The third-order valence-electron chi connectivity index (χ3n) is 3.84. The zero-order valence-corrected chi connectivity index (χ0v) is 14.1. The zero-order valence-electron chi connectivity index (χ0n) is 14.1. The highest BCUT2D eigenvalue weighted by molar-refractivity contribution is 5.79. The molecule has 3 rings (SSSR count). The van der Waals surface area contributed by atoms with Gasteiger partial charge in [0.15, 0.2) is 6.04 Å². The lowest BCUT2D eigenvalue weighted by molar-refractivity contribution is -0.389. The Hall–Kier alpha value is -3.48. The van der Waals surface area contributed by atoms with E-state index in [-0.39, 0.29) is 12.4 Å². The molecule has 0 aliphatic rings. The van der Waals surface area contributed by atoms with Crippen LogP contribution in [0.3, 0.4) is 0 Å². The Kier molecular flexibility index (Phi) is 5.07. The fourth-order valence-electron chi connectivity index (χ4n) is 2.73. The van der Waals surface area contributed by atoms with Gasteiger partial charge in [-0.15, -0.1) is 0 Å². The van der Waals surface area contributed by atoms with Gasteiger partial charge in [-0.05, 0) is 34.5 Å². The minimum atomic E-state index is -0.868. The molecule has 132 valence electrons. The van der Waals surface area contributed by atoms with Crippen molar-refractivity contribution >= 4 is 11.8 Å². The molecule has 0 aliphatic heterocycles. The summed E-state index contributed by atoms with van der Waals surface area (Å²) in [7, 11) is 0. The Labute approximate surface area is 150 Å². The van der Waals surface area contributed by atoms with E-state index in [2.05, 4.69) is 4.98 Å². The number of carbonyl (C=O) groups excluding carboxylic acids is 1. The van der Waals surface area contributed by atoms with Crippen molar-refractivity contribution in [3.63, 3.8) is 0 Å². The Morgan fingerprint density at radius 3 is 2.35 bits per heavy atom. The quantitative estimate of drug-likeness (QED) is 0.385. The standard InChI is InChI=1S/C19H17N3O4/c1-2-26-19(23)17(14-9-5-3-6-10-14)21-13-16(22(24)25)20-18(21)15-11-7-4-8-12-15/h3-13,17H,2H2,1H3. The monoisotopic (exact) mass is 351 g/mol. The van der Waals surface area contributed by atoms with Crippen molar-refractivity contribution in [2.24, 2.45) is 0 Å². The van der Waals surface area contributed by atoms with Crippen LogP contribution in [0.15, 0.2) is 66.9 Å². The van der Waals surface area contributed by atoms with Crippen LogP contribution < -0.4 is 0 Å². The van der Waals surface area contributed by atoms with Crippen LogP contribution in [0.2, 0.25) is 0 Å². The molecule has 0 aliphatic carbocycles. The molecule has 1 unspecified atom stereocenters. The van der Waals surface area contributed by atoms with Crippen LogP contribution in [-0.4, -0.2) is 27.1 Å². The van der Waals surface area contributed by atoms with Gasteiger partial charge in [0.25, 0.3) is 5.82 Å². The van der Waals surface area contributed by atoms with Crippen LogP contribution in [0.4, 0.5) is 5.82 Å². The largest absolute Gasteiger partial charge is 0.464 e. The number of benzene rings is 2. The van der Waals surface area contributed by atoms with E-state index >= 15 is 0 Å². The maximum atomic E-state index is 12.7. The van der Waals surface area contributed by atoms with Crippen molar-refractivity contribution in [1.29, 1.82) is 0 Å². The number of rotatable bonds is 6. The van der Waals surface area contributed by atoms with Gasteiger partial charge in [0.05, 0.1) is 6.61 Å². The second kappa shape index (κ2) is 7.60. The lowest BCUT2D eigenvalue weighted by Gasteiger charge is -2.18. The van der Waals surface area contributed by atoms with Crippen molar-refractivity contribution in [3.8, 4) is 11.4 Å². The third-order valence-corrected chi connectivity index (χ3v) is 3.84. The van der Waals surface area contributed by atoms with E-state index < -0.39 is 16.9 Å². The van der Waals surface area contributed by atoms with Crippen LogP contribution >= 0.6 is 0 Å². The lowest BCUT2D eigenvalue weighted by atomic mass is 10.1. The first kappa shape index (κ1) is 17.3. The molecule has 0 N–H and O–H groups in total. The molecule has 0 radical (unpaired) electrons. The van der Waals surface area contributed by atoms with Gasteiger partial charge in [0, 0.05) is 5.56 Å². The Morgan fingerprint density at radius 2 is 1.77 bits per heavy atom. The number of nitrogens with zero attached hydrogens (tertiary/aromatic N) is 3. The Morgan fingerprint density at radius 1 is 1.15 bits per heavy atom. The van der Waals surface area contributed by atoms with E-state index in [1.54, 1.807) is 43.3 Å². The highest BCUT2D eigenvalue weighted by atomic mass is 16.6. The summed E-state index contributed by atoms with van der Waals surface area (Å²) in [6.07, 6.45) is 1.27. The molecule has 0 saturated carbocycles. The highest BCUT2D eigenvalue weighted by Crippen LogP contribution is 2.30. The summed E-state index contributed by atoms with van der Waals surface area (Å²) in [5, 5.41) is 11.3. The van der Waals surface area contributed by atoms with Gasteiger partial charge in [-0.3, -0.25) is 4.57 Å². The van der Waals surface area contributed by atoms with Crippen LogP contribution in [0.25, 0.3) is 11.4 Å². The molecule has 0 bridgehead atoms. The summed E-state index contributed by atoms with van der Waals surface area (Å²) in [4.78, 5) is 27.5. The minimum absolute atomic E-state index is 0.208. The van der Waals surface area contributed by atoms with Crippen molar-refractivity contribution in [1.82, 2.24) is 9.55 Å². The van der Waals surface area contributed by atoms with Gasteiger partial charge >= 0.3 is 11.8 Å². The molecule has 1 aromatic heterocycles. The predicted octanol–water partition coefficient (Wildman–Crippen LogP) is 3.61. The Balaban J connectivity index is 2.20. The van der Waals surface area contributed by atoms with E-state index in [4.69, 9.17) is 4.74 Å². The SMILES string of the molecule is CCOC(=O)C(c1ccccc1)n1cc([N+](=O)[O-])nc1-c1ccccc1. The molecular formula is C19H17N3O4. The number of hydrogen-bond acceptors (Lipinski definition) is 5. The predicted molar refractivity (Wildman–Crippen MR) is 95.5 cm³/mol. The molecule has 1 atom stereocenters. The molecule has 26 heavy (non-hydrogen) atoms. The highest BCUT2D eigenvalue weighted by Gasteiger charge is 2.31. The fourth-order valence-corrected chi connectivity index (χ4v) is 2.73. The summed E-state index contributed by atoms with van der Waals surface area (Å²) in [5.41, 5.74) is 1.33. The molecule has 2 aromatic carbocycles. The fraction of sp³-hybridized carbons (Fsp3) is 0.158. The number of imidazole rings is 1. The second-order valence-corrected chi connectivity index (χ2v) is 5.52. The summed E-state index contributed by atoms with van der Waals surface area (Å²) < 4.78 is 6.72. The molecule has 7 heteroatoms. The van der Waals surface area contributed by atoms with Crippen LogP contribution in [0.5, 0.6) is 0 Å². The first-order valence-electron chi connectivity index (χ1n) is 8.12. The maximum absolute atomic E-state index is 12.7. The van der Waals surface area contributed by atoms with Gasteiger partial charge in [-0.1, -0.05) is 48.5 Å². The van der Waals surface area contributed by atoms with Gasteiger partial charge in [0.2, 0.25) is 0 Å². The average molecular weight is 351 g/mol. The van der Waals surface area contributed by atoms with Crippen LogP contribution in [0, 0.1) is 10.1 Å². The molecule has 0 saturated heterocycles. The summed E-state index contributed by atoms with van der Waals surface area (Å²) in [6, 6.07) is 17.2. The number of carbonyl (C=O) groups is 1. The smallest absolute Gasteiger partial charge is 0.382 e.